The fraction of sp³-hybridized carbons (Fsp3) is 0.583. The molecule has 0 saturated carbocycles. The number of likely N-dealkylation sites (tertiary alicyclic amines) is 1. The zero-order valence-corrected chi connectivity index (χ0v) is 22.0. The number of nitrogens with zero attached hydrogens (tertiary/aromatic N) is 3. The number of ether oxygens (including phenoxy) is 1. The SMILES string of the molecule is CC(C)CNC(=O)C1Cn2ccnc2C2(CCN(Cc3ccoc3)CC2)O1.O=C(O)C(F)(F)F.O=C(O)C(F)(F)F. The third kappa shape index (κ3) is 10.1. The minimum absolute atomic E-state index is 0.0248. The van der Waals surface area contributed by atoms with Crippen LogP contribution in [0.25, 0.3) is 0 Å². The van der Waals surface area contributed by atoms with Gasteiger partial charge in [-0.05, 0) is 24.8 Å². The van der Waals surface area contributed by atoms with Crippen LogP contribution < -0.4 is 5.32 Å². The summed E-state index contributed by atoms with van der Waals surface area (Å²) in [5, 5.41) is 17.3. The molecule has 1 atom stereocenters. The Balaban J connectivity index is 0.000000349. The van der Waals surface area contributed by atoms with Crippen molar-refractivity contribution in [1.82, 2.24) is 19.8 Å². The number of halogens is 6. The molecule has 0 aliphatic carbocycles. The molecular formula is C24H30F6N4O7. The highest BCUT2D eigenvalue weighted by molar-refractivity contribution is 5.81. The molecule has 1 amide bonds. The van der Waals surface area contributed by atoms with Crippen molar-refractivity contribution < 1.29 is 60.1 Å². The number of alkyl halides is 6. The number of imidazole rings is 1. The fourth-order valence-electron chi connectivity index (χ4n) is 4.01. The van der Waals surface area contributed by atoms with E-state index in [9.17, 15) is 31.1 Å². The molecule has 4 heterocycles. The summed E-state index contributed by atoms with van der Waals surface area (Å²) in [4.78, 5) is 37.4. The Labute approximate surface area is 230 Å². The molecule has 2 aliphatic heterocycles. The zero-order valence-electron chi connectivity index (χ0n) is 22.0. The standard InChI is InChI=1S/C20H28N4O3.2C2HF3O2/c1-15(2)11-22-18(25)17-13-24-9-6-21-19(24)20(27-17)4-7-23(8-5-20)12-16-3-10-26-14-16;2*3-2(4,5)1(6)7/h3,6,9-10,14-15,17H,4-5,7-8,11-13H2,1-2H3,(H,22,25);2*(H,6,7). The summed E-state index contributed by atoms with van der Waals surface area (Å²) in [6.45, 7) is 8.05. The van der Waals surface area contributed by atoms with Crippen LogP contribution in [0, 0.1) is 5.92 Å². The average molecular weight is 601 g/mol. The van der Waals surface area contributed by atoms with Crippen molar-refractivity contribution in [2.75, 3.05) is 19.6 Å². The first-order valence-electron chi connectivity index (χ1n) is 12.3. The maximum absolute atomic E-state index is 12.6. The number of fused-ring (bicyclic) bond motifs is 2. The molecule has 2 aliphatic rings. The Hall–Kier alpha value is -3.60. The molecule has 2 aromatic heterocycles. The number of rotatable bonds is 5. The Morgan fingerprint density at radius 3 is 2.12 bits per heavy atom. The van der Waals surface area contributed by atoms with E-state index in [1.54, 1.807) is 12.5 Å². The van der Waals surface area contributed by atoms with Gasteiger partial charge in [-0.25, -0.2) is 14.6 Å². The van der Waals surface area contributed by atoms with Crippen molar-refractivity contribution in [2.24, 2.45) is 5.92 Å². The Morgan fingerprint density at radius 1 is 1.10 bits per heavy atom. The van der Waals surface area contributed by atoms with Gasteiger partial charge in [0, 0.05) is 44.1 Å². The summed E-state index contributed by atoms with van der Waals surface area (Å²) >= 11 is 0. The van der Waals surface area contributed by atoms with E-state index in [4.69, 9.17) is 29.0 Å². The lowest BCUT2D eigenvalue weighted by Gasteiger charge is -2.45. The van der Waals surface area contributed by atoms with E-state index in [1.807, 2.05) is 18.5 Å². The molecule has 0 aromatic carbocycles. The van der Waals surface area contributed by atoms with Crippen molar-refractivity contribution >= 4 is 17.8 Å². The predicted octanol–water partition coefficient (Wildman–Crippen LogP) is 3.41. The number of hydrogen-bond donors (Lipinski definition) is 3. The molecule has 17 heteroatoms. The van der Waals surface area contributed by atoms with E-state index < -0.39 is 36.0 Å². The normalized spacial score (nSPS) is 18.4. The molecule has 230 valence electrons. The summed E-state index contributed by atoms with van der Waals surface area (Å²) in [6, 6.07) is 2.00. The molecule has 1 fully saturated rings. The molecule has 41 heavy (non-hydrogen) atoms. The number of hydrogen-bond acceptors (Lipinski definition) is 7. The smallest absolute Gasteiger partial charge is 0.475 e. The summed E-state index contributed by atoms with van der Waals surface area (Å²) in [7, 11) is 0. The molecule has 1 saturated heterocycles. The predicted molar refractivity (Wildman–Crippen MR) is 127 cm³/mol. The lowest BCUT2D eigenvalue weighted by Crippen LogP contribution is -2.54. The van der Waals surface area contributed by atoms with Crippen LogP contribution in [0.1, 0.15) is 38.1 Å². The summed E-state index contributed by atoms with van der Waals surface area (Å²) in [5.74, 6) is -4.16. The maximum atomic E-state index is 12.6. The number of aliphatic carboxylic acids is 2. The number of carbonyl (C=O) groups excluding carboxylic acids is 1. The van der Waals surface area contributed by atoms with Crippen molar-refractivity contribution in [1.29, 1.82) is 0 Å². The lowest BCUT2D eigenvalue weighted by atomic mass is 9.88. The van der Waals surface area contributed by atoms with Crippen LogP contribution in [-0.4, -0.2) is 80.6 Å². The average Bonchev–Trinajstić information content (AvgIpc) is 3.56. The van der Waals surface area contributed by atoms with Gasteiger partial charge in [-0.2, -0.15) is 26.3 Å². The number of carbonyl (C=O) groups is 3. The van der Waals surface area contributed by atoms with Gasteiger partial charge in [-0.15, -0.1) is 0 Å². The number of carboxylic acids is 2. The first kappa shape index (κ1) is 33.6. The van der Waals surface area contributed by atoms with Gasteiger partial charge < -0.3 is 29.3 Å². The molecule has 11 nitrogen and oxygen atoms in total. The minimum atomic E-state index is -5.08. The number of carboxylic acid groups (broad SMARTS) is 2. The first-order valence-corrected chi connectivity index (χ1v) is 12.3. The molecule has 2 aromatic rings. The van der Waals surface area contributed by atoms with Crippen molar-refractivity contribution in [3.8, 4) is 0 Å². The highest BCUT2D eigenvalue weighted by Crippen LogP contribution is 2.40. The number of amides is 1. The lowest BCUT2D eigenvalue weighted by molar-refractivity contribution is -0.193. The largest absolute Gasteiger partial charge is 0.490 e. The number of furan rings is 1. The van der Waals surface area contributed by atoms with Gasteiger partial charge in [0.1, 0.15) is 11.4 Å². The molecule has 1 spiro atoms. The Bertz CT molecular complexity index is 1120. The molecule has 0 radical (unpaired) electrons. The van der Waals surface area contributed by atoms with E-state index in [0.717, 1.165) is 38.3 Å². The van der Waals surface area contributed by atoms with Crippen LogP contribution in [0.15, 0.2) is 35.4 Å². The van der Waals surface area contributed by atoms with E-state index in [2.05, 4.69) is 33.6 Å². The third-order valence-corrected chi connectivity index (χ3v) is 5.97. The van der Waals surface area contributed by atoms with Gasteiger partial charge in [0.2, 0.25) is 0 Å². The molecule has 0 bridgehead atoms. The highest BCUT2D eigenvalue weighted by Gasteiger charge is 2.47. The van der Waals surface area contributed by atoms with Gasteiger partial charge in [0.25, 0.3) is 5.91 Å². The van der Waals surface area contributed by atoms with Crippen LogP contribution in [0.5, 0.6) is 0 Å². The van der Waals surface area contributed by atoms with Crippen LogP contribution in [-0.2, 0) is 37.8 Å². The Kier molecular flexibility index (Phi) is 11.3. The number of nitrogens with one attached hydrogen (secondary N) is 1. The second-order valence-electron chi connectivity index (χ2n) is 9.66. The first-order chi connectivity index (χ1) is 18.9. The van der Waals surface area contributed by atoms with Gasteiger partial charge in [-0.1, -0.05) is 13.8 Å². The molecule has 1 unspecified atom stereocenters. The molecule has 3 N–H and O–H groups in total. The van der Waals surface area contributed by atoms with Crippen molar-refractivity contribution in [3.63, 3.8) is 0 Å². The maximum Gasteiger partial charge on any atom is 0.490 e. The van der Waals surface area contributed by atoms with Crippen LogP contribution in [0.3, 0.4) is 0 Å². The van der Waals surface area contributed by atoms with E-state index in [-0.39, 0.29) is 5.91 Å². The zero-order chi connectivity index (χ0) is 31.0. The van der Waals surface area contributed by atoms with Crippen LogP contribution in [0.4, 0.5) is 26.3 Å². The quantitative estimate of drug-likeness (QED) is 0.440. The van der Waals surface area contributed by atoms with E-state index in [0.29, 0.717) is 19.0 Å². The Morgan fingerprint density at radius 2 is 1.66 bits per heavy atom. The van der Waals surface area contributed by atoms with Gasteiger partial charge in [-0.3, -0.25) is 9.69 Å². The van der Waals surface area contributed by atoms with Gasteiger partial charge >= 0.3 is 24.3 Å². The second-order valence-corrected chi connectivity index (χ2v) is 9.66. The molecular weight excluding hydrogens is 570 g/mol. The van der Waals surface area contributed by atoms with Gasteiger partial charge in [0.05, 0.1) is 19.1 Å². The topological polar surface area (TPSA) is 147 Å². The van der Waals surface area contributed by atoms with E-state index in [1.165, 1.54) is 5.56 Å². The van der Waals surface area contributed by atoms with Crippen molar-refractivity contribution in [2.45, 2.75) is 63.8 Å². The molecule has 4 rings (SSSR count). The van der Waals surface area contributed by atoms with E-state index >= 15 is 0 Å². The number of aromatic nitrogens is 2. The van der Waals surface area contributed by atoms with Crippen LogP contribution in [0.2, 0.25) is 0 Å². The fourth-order valence-corrected chi connectivity index (χ4v) is 4.01. The highest BCUT2D eigenvalue weighted by atomic mass is 19.4. The minimum Gasteiger partial charge on any atom is -0.475 e. The number of piperidine rings is 1. The van der Waals surface area contributed by atoms with Crippen LogP contribution >= 0.6 is 0 Å². The summed E-state index contributed by atoms with van der Waals surface area (Å²) in [5.41, 5.74) is 0.706. The monoisotopic (exact) mass is 600 g/mol. The second kappa shape index (κ2) is 13.8. The summed E-state index contributed by atoms with van der Waals surface area (Å²) in [6.07, 6.45) is -1.70. The van der Waals surface area contributed by atoms with Crippen molar-refractivity contribution in [3.05, 3.63) is 42.4 Å². The third-order valence-electron chi connectivity index (χ3n) is 5.97. The summed E-state index contributed by atoms with van der Waals surface area (Å²) < 4.78 is 77.2. The van der Waals surface area contributed by atoms with Gasteiger partial charge in [0.15, 0.2) is 6.10 Å².